The summed E-state index contributed by atoms with van der Waals surface area (Å²) < 4.78 is 73.8. The van der Waals surface area contributed by atoms with Crippen molar-refractivity contribution >= 4 is 16.2 Å². The summed E-state index contributed by atoms with van der Waals surface area (Å²) in [6.07, 6.45) is 0.302. The quantitative estimate of drug-likeness (QED) is 0.456. The van der Waals surface area contributed by atoms with Crippen molar-refractivity contribution in [2.24, 2.45) is 0 Å². The number of benzene rings is 1. The highest BCUT2D eigenvalue weighted by Gasteiger charge is 2.68. The molecule has 2 aromatic rings. The average molecular weight is 383 g/mol. The molecule has 25 heavy (non-hydrogen) atoms. The Hall–Kier alpha value is -2.03. The molecule has 0 aliphatic rings. The number of aromatic nitrogens is 1. The smallest absolute Gasteiger partial charge is 0.355 e. The number of halogens is 5. The fourth-order valence-electron chi connectivity index (χ4n) is 2.49. The van der Waals surface area contributed by atoms with Gasteiger partial charge in [-0.2, -0.15) is 0 Å². The van der Waals surface area contributed by atoms with Gasteiger partial charge in [0.05, 0.1) is 7.11 Å². The van der Waals surface area contributed by atoms with E-state index < -0.39 is 37.9 Å². The van der Waals surface area contributed by atoms with Gasteiger partial charge in [-0.1, -0.05) is 49.8 Å². The van der Waals surface area contributed by atoms with Gasteiger partial charge in [-0.25, -0.2) is 4.79 Å². The molecule has 140 valence electrons. The van der Waals surface area contributed by atoms with Crippen molar-refractivity contribution in [3.05, 3.63) is 42.2 Å². The SMILES string of the molecule is COC(=O)c1c(-c2ccccc2)c(S(F)(F)(F)(F)F)cn1C(C)(C)C. The van der Waals surface area contributed by atoms with E-state index in [1.165, 1.54) is 51.1 Å². The summed E-state index contributed by atoms with van der Waals surface area (Å²) in [6, 6.07) is 6.81. The molecule has 9 heteroatoms. The molecule has 0 saturated carbocycles. The fraction of sp³-hybridized carbons (Fsp3) is 0.312. The molecule has 1 aromatic carbocycles. The van der Waals surface area contributed by atoms with Gasteiger partial charge in [0, 0.05) is 17.3 Å². The largest absolute Gasteiger partial charge is 0.464 e. The Labute approximate surface area is 142 Å². The second-order valence-electron chi connectivity index (χ2n) is 6.58. The Morgan fingerprint density at radius 2 is 1.56 bits per heavy atom. The molecule has 0 unspecified atom stereocenters. The van der Waals surface area contributed by atoms with Gasteiger partial charge in [0.2, 0.25) is 0 Å². The van der Waals surface area contributed by atoms with Gasteiger partial charge in [-0.3, -0.25) is 0 Å². The maximum absolute atomic E-state index is 13.7. The van der Waals surface area contributed by atoms with Crippen molar-refractivity contribution in [1.29, 1.82) is 0 Å². The van der Waals surface area contributed by atoms with Crippen LogP contribution in [0.4, 0.5) is 19.4 Å². The number of nitrogens with zero attached hydrogens (tertiary/aromatic N) is 1. The molecule has 0 spiro atoms. The van der Waals surface area contributed by atoms with E-state index in [0.29, 0.717) is 6.20 Å². The number of ether oxygens (including phenoxy) is 1. The molecule has 0 aliphatic heterocycles. The predicted octanol–water partition coefficient (Wildman–Crippen LogP) is 6.35. The Morgan fingerprint density at radius 1 is 1.04 bits per heavy atom. The van der Waals surface area contributed by atoms with Crippen LogP contribution in [0.25, 0.3) is 11.1 Å². The Bertz CT molecular complexity index is 821. The highest BCUT2D eigenvalue weighted by molar-refractivity contribution is 8.45. The normalized spacial score (nSPS) is 15.4. The Kier molecular flexibility index (Phi) is 3.86. The molecule has 0 aliphatic carbocycles. The van der Waals surface area contributed by atoms with Gasteiger partial charge < -0.3 is 9.30 Å². The van der Waals surface area contributed by atoms with E-state index in [9.17, 15) is 24.2 Å². The average Bonchev–Trinajstić information content (AvgIpc) is 2.87. The first kappa shape index (κ1) is 19.3. The van der Waals surface area contributed by atoms with Crippen LogP contribution in [0, 0.1) is 0 Å². The lowest BCUT2D eigenvalue weighted by molar-refractivity contribution is 0.0582. The molecule has 3 nitrogen and oxygen atoms in total. The molecule has 0 N–H and O–H groups in total. The molecule has 1 aromatic heterocycles. The van der Waals surface area contributed by atoms with Crippen molar-refractivity contribution < 1.29 is 29.0 Å². The molecule has 1 heterocycles. The molecule has 0 bridgehead atoms. The second-order valence-corrected chi connectivity index (χ2v) is 8.96. The van der Waals surface area contributed by atoms with Crippen molar-refractivity contribution in [2.75, 3.05) is 7.11 Å². The summed E-state index contributed by atoms with van der Waals surface area (Å²) in [5.41, 5.74) is -2.64. The third-order valence-corrected chi connectivity index (χ3v) is 4.69. The van der Waals surface area contributed by atoms with Crippen LogP contribution in [0.5, 0.6) is 0 Å². The minimum absolute atomic E-state index is 0.144. The van der Waals surface area contributed by atoms with Crippen molar-refractivity contribution in [2.45, 2.75) is 31.2 Å². The van der Waals surface area contributed by atoms with E-state index in [-0.39, 0.29) is 5.56 Å². The lowest BCUT2D eigenvalue weighted by atomic mass is 10.0. The van der Waals surface area contributed by atoms with E-state index >= 15 is 0 Å². The van der Waals surface area contributed by atoms with Gasteiger partial charge in [-0.15, -0.1) is 0 Å². The van der Waals surface area contributed by atoms with Crippen LogP contribution in [0.2, 0.25) is 0 Å². The minimum Gasteiger partial charge on any atom is -0.464 e. The van der Waals surface area contributed by atoms with Gasteiger partial charge in [0.1, 0.15) is 10.6 Å². The second kappa shape index (κ2) is 5.00. The zero-order valence-electron chi connectivity index (χ0n) is 14.0. The molecule has 0 radical (unpaired) electrons. The number of carbonyl (C=O) groups is 1. The first-order valence-electron chi connectivity index (χ1n) is 7.20. The standard InChI is InChI=1S/C16H18F5NO2S/c1-16(2,3)22-10-12(25(17,18,19,20)21)13(14(22)15(23)24-4)11-8-6-5-7-9-11/h5-10H,1-4H3. The Balaban J connectivity index is 3.06. The molecule has 0 saturated heterocycles. The van der Waals surface area contributed by atoms with E-state index in [0.717, 1.165) is 11.7 Å². The summed E-state index contributed by atoms with van der Waals surface area (Å²) in [7, 11) is -9.08. The molecule has 0 atom stereocenters. The highest BCUT2D eigenvalue weighted by atomic mass is 32.5. The van der Waals surface area contributed by atoms with E-state index in [4.69, 9.17) is 0 Å². The van der Waals surface area contributed by atoms with Crippen LogP contribution in [-0.2, 0) is 10.3 Å². The Morgan fingerprint density at radius 3 is 1.96 bits per heavy atom. The molecule has 0 fully saturated rings. The summed E-state index contributed by atoms with van der Waals surface area (Å²) in [4.78, 5) is 10.1. The maximum atomic E-state index is 13.7. The number of esters is 1. The van der Waals surface area contributed by atoms with Crippen LogP contribution in [0.15, 0.2) is 41.4 Å². The van der Waals surface area contributed by atoms with E-state index in [2.05, 4.69) is 4.74 Å². The van der Waals surface area contributed by atoms with Crippen LogP contribution in [-0.4, -0.2) is 17.6 Å². The lowest BCUT2D eigenvalue weighted by Crippen LogP contribution is -2.25. The van der Waals surface area contributed by atoms with Gasteiger partial charge in [-0.05, 0) is 26.3 Å². The molecule has 0 amide bonds. The number of carbonyl (C=O) groups excluding carboxylic acids is 1. The topological polar surface area (TPSA) is 31.2 Å². The van der Waals surface area contributed by atoms with Crippen LogP contribution < -0.4 is 0 Å². The first-order valence-corrected chi connectivity index (χ1v) is 9.15. The molecular formula is C16H18F5NO2S. The number of methoxy groups -OCH3 is 1. The molecule has 2 rings (SSSR count). The lowest BCUT2D eigenvalue weighted by Gasteiger charge is -2.40. The van der Waals surface area contributed by atoms with E-state index in [1.54, 1.807) is 0 Å². The third kappa shape index (κ3) is 3.81. The molecular weight excluding hydrogens is 365 g/mol. The minimum atomic E-state index is -10.1. The van der Waals surface area contributed by atoms with Gasteiger partial charge >= 0.3 is 16.2 Å². The summed E-state index contributed by atoms with van der Waals surface area (Å²) in [6.45, 7) is 4.51. The first-order chi connectivity index (χ1) is 11.1. The van der Waals surface area contributed by atoms with Gasteiger partial charge in [0.15, 0.2) is 0 Å². The van der Waals surface area contributed by atoms with Crippen LogP contribution in [0.3, 0.4) is 0 Å². The van der Waals surface area contributed by atoms with Crippen LogP contribution >= 0.6 is 10.2 Å². The van der Waals surface area contributed by atoms with Crippen molar-refractivity contribution in [3.8, 4) is 11.1 Å². The maximum Gasteiger partial charge on any atom is 0.355 e. The van der Waals surface area contributed by atoms with Crippen molar-refractivity contribution in [3.63, 3.8) is 0 Å². The summed E-state index contributed by atoms with van der Waals surface area (Å²) in [5.74, 6) is -1.12. The highest BCUT2D eigenvalue weighted by Crippen LogP contribution is 3.03. The zero-order valence-corrected chi connectivity index (χ0v) is 14.8. The number of rotatable bonds is 3. The number of hydrogen-bond acceptors (Lipinski definition) is 2. The van der Waals surface area contributed by atoms with Gasteiger partial charge in [0.25, 0.3) is 0 Å². The summed E-state index contributed by atoms with van der Waals surface area (Å²) >= 11 is 0. The van der Waals surface area contributed by atoms with Crippen LogP contribution in [0.1, 0.15) is 31.3 Å². The van der Waals surface area contributed by atoms with Crippen molar-refractivity contribution in [1.82, 2.24) is 4.57 Å². The van der Waals surface area contributed by atoms with E-state index in [1.807, 2.05) is 0 Å². The summed E-state index contributed by atoms with van der Waals surface area (Å²) in [5, 5.41) is 0. The fourth-order valence-corrected chi connectivity index (χ4v) is 3.39. The predicted molar refractivity (Wildman–Crippen MR) is 87.6 cm³/mol. The third-order valence-electron chi connectivity index (χ3n) is 3.55. The monoisotopic (exact) mass is 383 g/mol. The number of hydrogen-bond donors (Lipinski definition) is 0. The zero-order chi connectivity index (χ0) is 19.3.